The van der Waals surface area contributed by atoms with Crippen LogP contribution < -0.4 is 0 Å². The molecular weight excluding hydrogens is 469 g/mol. The summed E-state index contributed by atoms with van der Waals surface area (Å²) >= 11 is 40.1. The minimum absolute atomic E-state index is 0.277. The molecular formula is C16H14Cl6O4. The third-order valence-electron chi connectivity index (χ3n) is 6.18. The number of rotatable bonds is 2. The normalized spacial score (nSPS) is 50.2. The molecule has 144 valence electrons. The number of allylic oxidation sites excluding steroid dienone is 2. The molecule has 0 aromatic heterocycles. The molecule has 0 saturated heterocycles. The maximum absolute atomic E-state index is 11.7. The summed E-state index contributed by atoms with van der Waals surface area (Å²) in [7, 11) is 0. The SMILES string of the molecule is CC(=O)O[C@H]1[C@H](OC(C)=O)[C@H]2[C@H]3[C@@H]([C@@H]1C2(Cl)Cl)[C@@]1(Cl)C[C@@]3(Cl)C(Cl)=C1Cl. The second kappa shape index (κ2) is 5.73. The van der Waals surface area contributed by atoms with Crippen LogP contribution in [0, 0.1) is 23.7 Å². The van der Waals surface area contributed by atoms with Gasteiger partial charge in [0.1, 0.15) is 16.5 Å². The Morgan fingerprint density at radius 1 is 0.808 bits per heavy atom. The summed E-state index contributed by atoms with van der Waals surface area (Å²) in [6.07, 6.45) is -1.36. The van der Waals surface area contributed by atoms with Gasteiger partial charge in [-0.25, -0.2) is 0 Å². The molecule has 0 aromatic rings. The fourth-order valence-corrected chi connectivity index (χ4v) is 8.71. The lowest BCUT2D eigenvalue weighted by atomic mass is 9.70. The van der Waals surface area contributed by atoms with E-state index in [2.05, 4.69) is 0 Å². The van der Waals surface area contributed by atoms with Crippen molar-refractivity contribution in [3.8, 4) is 0 Å². The Labute approximate surface area is 180 Å². The van der Waals surface area contributed by atoms with Gasteiger partial charge in [-0.1, -0.05) is 23.2 Å². The second-order valence-electron chi connectivity index (χ2n) is 7.46. The molecule has 8 atom stereocenters. The quantitative estimate of drug-likeness (QED) is 0.328. The first kappa shape index (κ1) is 19.7. The first-order chi connectivity index (χ1) is 11.9. The molecule has 0 N–H and O–H groups in total. The maximum atomic E-state index is 11.7. The van der Waals surface area contributed by atoms with Crippen LogP contribution in [0.5, 0.6) is 0 Å². The van der Waals surface area contributed by atoms with Crippen LogP contribution in [0.1, 0.15) is 20.3 Å². The maximum Gasteiger partial charge on any atom is 0.303 e. The molecule has 4 nitrogen and oxygen atoms in total. The minimum Gasteiger partial charge on any atom is -0.458 e. The Kier molecular flexibility index (Phi) is 4.35. The van der Waals surface area contributed by atoms with E-state index in [9.17, 15) is 9.59 Å². The molecule has 4 bridgehead atoms. The van der Waals surface area contributed by atoms with Gasteiger partial charge in [-0.2, -0.15) is 0 Å². The van der Waals surface area contributed by atoms with Crippen molar-refractivity contribution in [2.75, 3.05) is 0 Å². The highest BCUT2D eigenvalue weighted by atomic mass is 35.5. The Balaban J connectivity index is 1.87. The topological polar surface area (TPSA) is 52.6 Å². The van der Waals surface area contributed by atoms with Crippen molar-refractivity contribution in [3.05, 3.63) is 10.1 Å². The Morgan fingerprint density at radius 2 is 1.15 bits per heavy atom. The van der Waals surface area contributed by atoms with Crippen LogP contribution in [0.2, 0.25) is 0 Å². The number of hydrogen-bond acceptors (Lipinski definition) is 4. The highest BCUT2D eigenvalue weighted by Crippen LogP contribution is 2.80. The van der Waals surface area contributed by atoms with Crippen LogP contribution >= 0.6 is 69.6 Å². The van der Waals surface area contributed by atoms with Crippen LogP contribution in [-0.2, 0) is 19.1 Å². The molecule has 0 spiro atoms. The van der Waals surface area contributed by atoms with Gasteiger partial charge < -0.3 is 9.47 Å². The highest BCUT2D eigenvalue weighted by molar-refractivity contribution is 6.52. The summed E-state index contributed by atoms with van der Waals surface area (Å²) < 4.78 is 9.58. The zero-order valence-corrected chi connectivity index (χ0v) is 18.1. The molecule has 4 aliphatic rings. The molecule has 10 heteroatoms. The first-order valence-electron chi connectivity index (χ1n) is 8.03. The van der Waals surface area contributed by atoms with Gasteiger partial charge in [0.25, 0.3) is 0 Å². The van der Waals surface area contributed by atoms with Gasteiger partial charge in [-0.3, -0.25) is 9.59 Å². The lowest BCUT2D eigenvalue weighted by Crippen LogP contribution is -2.52. The molecule has 3 saturated carbocycles. The standard InChI is InChI=1S/C16H14Cl6O4/c1-4(23)25-10-8-6-7(9(16(8,21)22)11(10)26-5(2)24)15(20)3-14(6,19)12(17)13(15)18/h6-11H,3H2,1-2H3/t6-,7+,8-,9+,10-,11-,14+,15+/m1/s1. The van der Waals surface area contributed by atoms with Gasteiger partial charge >= 0.3 is 11.9 Å². The van der Waals surface area contributed by atoms with Crippen LogP contribution in [0.3, 0.4) is 0 Å². The van der Waals surface area contributed by atoms with Crippen molar-refractivity contribution in [1.29, 1.82) is 0 Å². The summed E-state index contributed by atoms with van der Waals surface area (Å²) in [6.45, 7) is 2.53. The molecule has 0 heterocycles. The number of halogens is 6. The van der Waals surface area contributed by atoms with Gasteiger partial charge in [-0.05, 0) is 18.3 Å². The van der Waals surface area contributed by atoms with E-state index >= 15 is 0 Å². The van der Waals surface area contributed by atoms with E-state index in [0.29, 0.717) is 6.42 Å². The van der Waals surface area contributed by atoms with Crippen LogP contribution in [0.15, 0.2) is 10.1 Å². The molecule has 0 aliphatic heterocycles. The van der Waals surface area contributed by atoms with E-state index in [1.165, 1.54) is 13.8 Å². The number of carbonyl (C=O) groups excluding carboxylic acids is 2. The van der Waals surface area contributed by atoms with Gasteiger partial charge in [0.15, 0.2) is 0 Å². The van der Waals surface area contributed by atoms with Crippen LogP contribution in [-0.4, -0.2) is 38.2 Å². The molecule has 26 heavy (non-hydrogen) atoms. The predicted octanol–water partition coefficient (Wildman–Crippen LogP) is 4.58. The molecule has 3 fully saturated rings. The Morgan fingerprint density at radius 3 is 1.46 bits per heavy atom. The van der Waals surface area contributed by atoms with Gasteiger partial charge in [0.05, 0.1) is 19.8 Å². The average molecular weight is 483 g/mol. The number of fused-ring (bicyclic) bond motifs is 9. The third-order valence-corrected chi connectivity index (χ3v) is 9.68. The fourth-order valence-electron chi connectivity index (χ4n) is 5.63. The van der Waals surface area contributed by atoms with E-state index in [0.717, 1.165) is 0 Å². The summed E-state index contributed by atoms with van der Waals surface area (Å²) in [5, 5.41) is 0.554. The molecule has 0 aromatic carbocycles. The van der Waals surface area contributed by atoms with E-state index in [-0.39, 0.29) is 21.9 Å². The lowest BCUT2D eigenvalue weighted by Gasteiger charge is -2.44. The Bertz CT molecular complexity index is 695. The predicted molar refractivity (Wildman–Crippen MR) is 100 cm³/mol. The summed E-state index contributed by atoms with van der Waals surface area (Å²) in [5.74, 6) is -3.02. The third kappa shape index (κ3) is 2.18. The van der Waals surface area contributed by atoms with Crippen molar-refractivity contribution in [3.63, 3.8) is 0 Å². The van der Waals surface area contributed by atoms with Crippen molar-refractivity contribution in [2.24, 2.45) is 23.7 Å². The van der Waals surface area contributed by atoms with E-state index in [4.69, 9.17) is 79.1 Å². The zero-order valence-electron chi connectivity index (χ0n) is 13.6. The van der Waals surface area contributed by atoms with E-state index in [1.54, 1.807) is 0 Å². The number of carbonyl (C=O) groups is 2. The summed E-state index contributed by atoms with van der Waals surface area (Å²) in [4.78, 5) is 21.2. The van der Waals surface area contributed by atoms with Gasteiger partial charge in [0, 0.05) is 25.7 Å². The summed E-state index contributed by atoms with van der Waals surface area (Å²) in [5.41, 5.74) is 0. The molecule has 4 aliphatic carbocycles. The molecule has 0 radical (unpaired) electrons. The molecule has 0 unspecified atom stereocenters. The van der Waals surface area contributed by atoms with Gasteiger partial charge in [-0.15, -0.1) is 46.4 Å². The van der Waals surface area contributed by atoms with E-state index < -0.39 is 50.1 Å². The van der Waals surface area contributed by atoms with Crippen molar-refractivity contribution >= 4 is 81.5 Å². The van der Waals surface area contributed by atoms with Crippen molar-refractivity contribution in [2.45, 2.75) is 46.6 Å². The van der Waals surface area contributed by atoms with Crippen LogP contribution in [0.4, 0.5) is 0 Å². The first-order valence-corrected chi connectivity index (χ1v) is 10.3. The highest BCUT2D eigenvalue weighted by Gasteiger charge is 2.85. The lowest BCUT2D eigenvalue weighted by molar-refractivity contribution is -0.175. The number of hydrogen-bond donors (Lipinski definition) is 0. The number of esters is 2. The fraction of sp³-hybridized carbons (Fsp3) is 0.750. The van der Waals surface area contributed by atoms with Crippen molar-refractivity contribution < 1.29 is 19.1 Å². The zero-order chi connectivity index (χ0) is 19.4. The number of alkyl halides is 4. The smallest absolute Gasteiger partial charge is 0.303 e. The second-order valence-corrected chi connectivity index (χ2v) is 11.0. The van der Waals surface area contributed by atoms with Crippen molar-refractivity contribution in [1.82, 2.24) is 0 Å². The number of ether oxygens (including phenoxy) is 2. The molecule has 4 rings (SSSR count). The van der Waals surface area contributed by atoms with Gasteiger partial charge in [0.2, 0.25) is 0 Å². The van der Waals surface area contributed by atoms with E-state index in [1.807, 2.05) is 0 Å². The average Bonchev–Trinajstić information content (AvgIpc) is 3.02. The largest absolute Gasteiger partial charge is 0.458 e. The Hall–Kier alpha value is 0.420. The monoisotopic (exact) mass is 480 g/mol. The van der Waals surface area contributed by atoms with Crippen LogP contribution in [0.25, 0.3) is 0 Å². The molecule has 0 amide bonds. The summed E-state index contributed by atoms with van der Waals surface area (Å²) in [6, 6.07) is 0. The minimum atomic E-state index is -1.37.